The molecule has 3 nitrogen and oxygen atoms in total. The van der Waals surface area contributed by atoms with Crippen molar-refractivity contribution in [1.29, 1.82) is 0 Å². The third-order valence-corrected chi connectivity index (χ3v) is 4.42. The fraction of sp³-hybridized carbons (Fsp3) is 0.0909. The minimum Gasteiger partial charge on any atom is -0.268 e. The van der Waals surface area contributed by atoms with Crippen LogP contribution in [0, 0.1) is 13.8 Å². The molecule has 0 saturated heterocycles. The number of aromatic nitrogens is 2. The van der Waals surface area contributed by atoms with Crippen molar-refractivity contribution in [3.63, 3.8) is 0 Å². The first kappa shape index (κ1) is 15.3. The van der Waals surface area contributed by atoms with Gasteiger partial charge in [0.25, 0.3) is 5.56 Å². The average Bonchev–Trinajstić information content (AvgIpc) is 2.62. The van der Waals surface area contributed by atoms with Crippen molar-refractivity contribution in [2.24, 2.45) is 0 Å². The Morgan fingerprint density at radius 2 is 1.60 bits per heavy atom. The molecule has 0 fully saturated rings. The van der Waals surface area contributed by atoms with Crippen molar-refractivity contribution in [2.45, 2.75) is 13.8 Å². The number of aryl methyl sites for hydroxylation is 2. The van der Waals surface area contributed by atoms with Crippen molar-refractivity contribution in [2.75, 3.05) is 0 Å². The summed E-state index contributed by atoms with van der Waals surface area (Å²) in [5.74, 6) is 0.674. The molecule has 0 unspecified atom stereocenters. The van der Waals surface area contributed by atoms with Gasteiger partial charge < -0.3 is 0 Å². The van der Waals surface area contributed by atoms with Crippen LogP contribution in [0.15, 0.2) is 77.6 Å². The second-order valence-corrected chi connectivity index (χ2v) is 6.25. The first-order valence-corrected chi connectivity index (χ1v) is 8.30. The van der Waals surface area contributed by atoms with E-state index in [-0.39, 0.29) is 5.56 Å². The molecular weight excluding hydrogens is 308 g/mol. The van der Waals surface area contributed by atoms with Crippen LogP contribution in [0.3, 0.4) is 0 Å². The van der Waals surface area contributed by atoms with E-state index >= 15 is 0 Å². The van der Waals surface area contributed by atoms with E-state index < -0.39 is 0 Å². The molecule has 3 heteroatoms. The zero-order valence-corrected chi connectivity index (χ0v) is 14.2. The van der Waals surface area contributed by atoms with Crippen LogP contribution in [0.4, 0.5) is 0 Å². The van der Waals surface area contributed by atoms with Gasteiger partial charge in [-0.2, -0.15) is 0 Å². The highest BCUT2D eigenvalue weighted by atomic mass is 16.1. The van der Waals surface area contributed by atoms with Crippen LogP contribution in [0.25, 0.3) is 28.0 Å². The quantitative estimate of drug-likeness (QED) is 0.536. The number of rotatable bonds is 2. The molecule has 0 aliphatic carbocycles. The van der Waals surface area contributed by atoms with Crippen molar-refractivity contribution in [3.8, 4) is 17.1 Å². The molecule has 1 aromatic heterocycles. The number of nitrogens with zero attached hydrogens (tertiary/aromatic N) is 2. The van der Waals surface area contributed by atoms with E-state index in [0.29, 0.717) is 11.2 Å². The Kier molecular flexibility index (Phi) is 3.69. The number of benzene rings is 3. The number of para-hydroxylation sites is 1. The Labute approximate surface area is 146 Å². The number of fused-ring (bicyclic) bond motifs is 1. The maximum absolute atomic E-state index is 13.3. The van der Waals surface area contributed by atoms with E-state index in [9.17, 15) is 4.79 Å². The Bertz CT molecular complexity index is 1140. The second-order valence-electron chi connectivity index (χ2n) is 6.25. The molecule has 25 heavy (non-hydrogen) atoms. The topological polar surface area (TPSA) is 34.9 Å². The molecule has 0 spiro atoms. The summed E-state index contributed by atoms with van der Waals surface area (Å²) in [6.07, 6.45) is 0. The highest BCUT2D eigenvalue weighted by molar-refractivity contribution is 5.81. The van der Waals surface area contributed by atoms with Crippen LogP contribution < -0.4 is 5.56 Å². The van der Waals surface area contributed by atoms with Gasteiger partial charge in [0, 0.05) is 5.56 Å². The normalized spacial score (nSPS) is 11.0. The van der Waals surface area contributed by atoms with Gasteiger partial charge in [0.1, 0.15) is 5.82 Å². The molecule has 3 aromatic carbocycles. The van der Waals surface area contributed by atoms with Gasteiger partial charge in [-0.15, -0.1) is 0 Å². The summed E-state index contributed by atoms with van der Waals surface area (Å²) in [7, 11) is 0. The average molecular weight is 326 g/mol. The van der Waals surface area contributed by atoms with Crippen molar-refractivity contribution < 1.29 is 0 Å². The van der Waals surface area contributed by atoms with Gasteiger partial charge in [-0.25, -0.2) is 4.98 Å². The summed E-state index contributed by atoms with van der Waals surface area (Å²) < 4.78 is 1.72. The number of hydrogen-bond acceptors (Lipinski definition) is 2. The molecular formula is C22H18N2O. The first-order chi connectivity index (χ1) is 12.1. The van der Waals surface area contributed by atoms with Crippen molar-refractivity contribution >= 4 is 10.9 Å². The standard InChI is InChI=1S/C22H18N2O/c1-15-8-7-10-17(14-15)24-21(18-11-4-3-9-16(18)2)23-20-13-6-5-12-19(20)22(24)25/h3-14H,1-2H3. The summed E-state index contributed by atoms with van der Waals surface area (Å²) >= 11 is 0. The number of hydrogen-bond donors (Lipinski definition) is 0. The second kappa shape index (κ2) is 6.02. The molecule has 0 atom stereocenters. The summed E-state index contributed by atoms with van der Waals surface area (Å²) in [5.41, 5.74) is 4.66. The summed E-state index contributed by atoms with van der Waals surface area (Å²) in [6.45, 7) is 4.06. The molecule has 1 heterocycles. The van der Waals surface area contributed by atoms with Crippen LogP contribution in [0.2, 0.25) is 0 Å². The summed E-state index contributed by atoms with van der Waals surface area (Å²) in [6, 6.07) is 23.5. The Morgan fingerprint density at radius 1 is 0.840 bits per heavy atom. The van der Waals surface area contributed by atoms with Gasteiger partial charge in [-0.3, -0.25) is 9.36 Å². The van der Waals surface area contributed by atoms with Crippen LogP contribution >= 0.6 is 0 Å². The lowest BCUT2D eigenvalue weighted by Gasteiger charge is -2.15. The minimum absolute atomic E-state index is 0.0468. The highest BCUT2D eigenvalue weighted by Crippen LogP contribution is 2.25. The van der Waals surface area contributed by atoms with Gasteiger partial charge in [-0.1, -0.05) is 48.5 Å². The molecule has 0 saturated carbocycles. The van der Waals surface area contributed by atoms with E-state index in [2.05, 4.69) is 0 Å². The molecule has 0 bridgehead atoms. The van der Waals surface area contributed by atoms with Crippen LogP contribution in [-0.4, -0.2) is 9.55 Å². The van der Waals surface area contributed by atoms with Crippen LogP contribution in [0.5, 0.6) is 0 Å². The third-order valence-electron chi connectivity index (χ3n) is 4.42. The molecule has 0 amide bonds. The molecule has 122 valence electrons. The minimum atomic E-state index is -0.0468. The van der Waals surface area contributed by atoms with Crippen molar-refractivity contribution in [3.05, 3.63) is 94.3 Å². The van der Waals surface area contributed by atoms with Gasteiger partial charge in [-0.05, 0) is 49.2 Å². The lowest BCUT2D eigenvalue weighted by Crippen LogP contribution is -2.22. The lowest BCUT2D eigenvalue weighted by atomic mass is 10.1. The fourth-order valence-corrected chi connectivity index (χ4v) is 3.14. The molecule has 4 aromatic rings. The van der Waals surface area contributed by atoms with E-state index in [0.717, 1.165) is 27.9 Å². The maximum atomic E-state index is 13.3. The summed E-state index contributed by atoms with van der Waals surface area (Å²) in [5, 5.41) is 0.626. The Balaban J connectivity index is 2.16. The first-order valence-electron chi connectivity index (χ1n) is 8.30. The monoisotopic (exact) mass is 326 g/mol. The maximum Gasteiger partial charge on any atom is 0.266 e. The molecule has 0 N–H and O–H groups in total. The smallest absolute Gasteiger partial charge is 0.266 e. The van der Waals surface area contributed by atoms with Gasteiger partial charge in [0.2, 0.25) is 0 Å². The van der Waals surface area contributed by atoms with E-state index in [1.165, 1.54) is 0 Å². The van der Waals surface area contributed by atoms with Crippen LogP contribution in [-0.2, 0) is 0 Å². The predicted octanol–water partition coefficient (Wildman–Crippen LogP) is 4.67. The molecule has 0 aliphatic heterocycles. The Morgan fingerprint density at radius 3 is 2.40 bits per heavy atom. The zero-order valence-electron chi connectivity index (χ0n) is 14.2. The van der Waals surface area contributed by atoms with Gasteiger partial charge >= 0.3 is 0 Å². The van der Waals surface area contributed by atoms with Gasteiger partial charge in [0.15, 0.2) is 0 Å². The largest absolute Gasteiger partial charge is 0.268 e. The van der Waals surface area contributed by atoms with Crippen molar-refractivity contribution in [1.82, 2.24) is 9.55 Å². The van der Waals surface area contributed by atoms with E-state index in [4.69, 9.17) is 4.98 Å². The summed E-state index contributed by atoms with van der Waals surface area (Å²) in [4.78, 5) is 18.1. The highest BCUT2D eigenvalue weighted by Gasteiger charge is 2.15. The van der Waals surface area contributed by atoms with Crippen LogP contribution in [0.1, 0.15) is 11.1 Å². The molecule has 0 aliphatic rings. The van der Waals surface area contributed by atoms with Gasteiger partial charge in [0.05, 0.1) is 16.6 Å². The SMILES string of the molecule is Cc1cccc(-n2c(-c3ccccc3C)nc3ccccc3c2=O)c1. The Hall–Kier alpha value is -3.20. The van der Waals surface area contributed by atoms with E-state index in [1.807, 2.05) is 86.6 Å². The third kappa shape index (κ3) is 2.64. The zero-order chi connectivity index (χ0) is 17.4. The molecule has 0 radical (unpaired) electrons. The predicted molar refractivity (Wildman–Crippen MR) is 102 cm³/mol. The fourth-order valence-electron chi connectivity index (χ4n) is 3.14. The molecule has 4 rings (SSSR count). The van der Waals surface area contributed by atoms with E-state index in [1.54, 1.807) is 4.57 Å². The lowest BCUT2D eigenvalue weighted by molar-refractivity contribution is 0.971.